The molecule has 0 spiro atoms. The highest BCUT2D eigenvalue weighted by molar-refractivity contribution is 7.80. The molecule has 31 heavy (non-hydrogen) atoms. The van der Waals surface area contributed by atoms with Crippen LogP contribution in [0.2, 0.25) is 0 Å². The lowest BCUT2D eigenvalue weighted by molar-refractivity contribution is 0.187. The van der Waals surface area contributed by atoms with Gasteiger partial charge in [0.05, 0.1) is 27.4 Å². The molecular weight excluding hydrogens is 412 g/mol. The minimum absolute atomic E-state index is 0.0349. The first-order valence-corrected chi connectivity index (χ1v) is 11.1. The standard InChI is InChI=1S/C24H32N2O4S/c1-5-6-12-25-24(31)26-13-11-17-14-22(28-3)23(29-4)15-20(17)21(26)16-30-19-9-7-18(27-2)8-10-19/h7-10,14-15,21H,5-6,11-13,16H2,1-4H3,(H,25,31)/t21-/m0/s1. The van der Waals surface area contributed by atoms with Crippen molar-refractivity contribution < 1.29 is 18.9 Å². The number of methoxy groups -OCH3 is 3. The SMILES string of the molecule is CCCCNC(=S)N1CCc2cc(OC)c(OC)cc2[C@@H]1COc1ccc(OC)cc1. The molecule has 6 nitrogen and oxygen atoms in total. The number of nitrogens with zero attached hydrogens (tertiary/aromatic N) is 1. The molecule has 168 valence electrons. The number of hydrogen-bond donors (Lipinski definition) is 1. The van der Waals surface area contributed by atoms with Gasteiger partial charge in [-0.3, -0.25) is 0 Å². The second-order valence-corrected chi connectivity index (χ2v) is 7.82. The molecule has 0 saturated carbocycles. The summed E-state index contributed by atoms with van der Waals surface area (Å²) in [6.45, 7) is 4.32. The number of rotatable bonds is 9. The van der Waals surface area contributed by atoms with Crippen LogP contribution in [0.15, 0.2) is 36.4 Å². The molecule has 0 bridgehead atoms. The lowest BCUT2D eigenvalue weighted by Gasteiger charge is -2.39. The smallest absolute Gasteiger partial charge is 0.169 e. The van der Waals surface area contributed by atoms with Gasteiger partial charge in [0, 0.05) is 13.1 Å². The molecule has 1 aliphatic heterocycles. The molecule has 0 unspecified atom stereocenters. The molecule has 2 aromatic rings. The molecule has 0 aliphatic carbocycles. The van der Waals surface area contributed by atoms with Crippen LogP contribution in [0.5, 0.6) is 23.0 Å². The monoisotopic (exact) mass is 444 g/mol. The van der Waals surface area contributed by atoms with Crippen LogP contribution in [0, 0.1) is 0 Å². The predicted octanol–water partition coefficient (Wildman–Crippen LogP) is 4.37. The largest absolute Gasteiger partial charge is 0.497 e. The molecule has 1 heterocycles. The summed E-state index contributed by atoms with van der Waals surface area (Å²) < 4.78 is 22.5. The first kappa shape index (κ1) is 23.0. The first-order valence-electron chi connectivity index (χ1n) is 10.7. The zero-order valence-electron chi connectivity index (χ0n) is 18.8. The molecule has 0 aromatic heterocycles. The molecule has 3 rings (SSSR count). The molecule has 2 aromatic carbocycles. The van der Waals surface area contributed by atoms with Gasteiger partial charge in [0.15, 0.2) is 16.6 Å². The van der Waals surface area contributed by atoms with Crippen LogP contribution in [-0.4, -0.2) is 51.0 Å². The van der Waals surface area contributed by atoms with Crippen LogP contribution in [0.25, 0.3) is 0 Å². The summed E-state index contributed by atoms with van der Waals surface area (Å²) in [4.78, 5) is 2.22. The second-order valence-electron chi connectivity index (χ2n) is 7.44. The number of nitrogens with one attached hydrogen (secondary N) is 1. The van der Waals surface area contributed by atoms with Crippen molar-refractivity contribution in [3.63, 3.8) is 0 Å². The zero-order valence-corrected chi connectivity index (χ0v) is 19.6. The van der Waals surface area contributed by atoms with Crippen LogP contribution in [0.4, 0.5) is 0 Å². The molecule has 1 aliphatic rings. The zero-order chi connectivity index (χ0) is 22.2. The van der Waals surface area contributed by atoms with Crippen LogP contribution in [-0.2, 0) is 6.42 Å². The summed E-state index contributed by atoms with van der Waals surface area (Å²) in [6, 6.07) is 11.7. The molecular formula is C24H32N2O4S. The Balaban J connectivity index is 1.86. The third kappa shape index (κ3) is 5.53. The van der Waals surface area contributed by atoms with E-state index < -0.39 is 0 Å². The Morgan fingerprint density at radius 3 is 2.35 bits per heavy atom. The van der Waals surface area contributed by atoms with E-state index >= 15 is 0 Å². The van der Waals surface area contributed by atoms with Crippen molar-refractivity contribution in [3.05, 3.63) is 47.5 Å². The molecule has 0 saturated heterocycles. The Bertz CT molecular complexity index is 873. The van der Waals surface area contributed by atoms with E-state index in [1.54, 1.807) is 21.3 Å². The third-order valence-electron chi connectivity index (χ3n) is 5.54. The molecule has 1 atom stereocenters. The van der Waals surface area contributed by atoms with Gasteiger partial charge in [0.1, 0.15) is 18.1 Å². The van der Waals surface area contributed by atoms with Crippen molar-refractivity contribution in [2.45, 2.75) is 32.2 Å². The Kier molecular flexibility index (Phi) is 8.23. The van der Waals surface area contributed by atoms with Gasteiger partial charge < -0.3 is 29.2 Å². The van der Waals surface area contributed by atoms with E-state index in [4.69, 9.17) is 31.2 Å². The van der Waals surface area contributed by atoms with Gasteiger partial charge in [-0.2, -0.15) is 0 Å². The topological polar surface area (TPSA) is 52.2 Å². The van der Waals surface area contributed by atoms with Crippen molar-refractivity contribution in [3.8, 4) is 23.0 Å². The van der Waals surface area contributed by atoms with Gasteiger partial charge in [-0.15, -0.1) is 0 Å². The number of unbranched alkanes of at least 4 members (excludes halogenated alkanes) is 1. The van der Waals surface area contributed by atoms with E-state index in [1.807, 2.05) is 24.3 Å². The average Bonchev–Trinajstić information content (AvgIpc) is 2.81. The maximum atomic E-state index is 6.18. The Hall–Kier alpha value is -2.67. The quantitative estimate of drug-likeness (QED) is 0.455. The van der Waals surface area contributed by atoms with E-state index in [9.17, 15) is 0 Å². The summed E-state index contributed by atoms with van der Waals surface area (Å²) >= 11 is 5.75. The van der Waals surface area contributed by atoms with Gasteiger partial charge >= 0.3 is 0 Å². The van der Waals surface area contributed by atoms with Gasteiger partial charge in [0.25, 0.3) is 0 Å². The Labute approximate surface area is 190 Å². The minimum Gasteiger partial charge on any atom is -0.497 e. The number of thiocarbonyl (C=S) groups is 1. The number of hydrogen-bond acceptors (Lipinski definition) is 5. The van der Waals surface area contributed by atoms with Crippen LogP contribution < -0.4 is 24.3 Å². The normalized spacial score (nSPS) is 15.1. The Morgan fingerprint density at radius 1 is 1.03 bits per heavy atom. The third-order valence-corrected chi connectivity index (χ3v) is 5.92. The lowest BCUT2D eigenvalue weighted by atomic mass is 9.92. The van der Waals surface area contributed by atoms with Crippen LogP contribution in [0.3, 0.4) is 0 Å². The summed E-state index contributed by atoms with van der Waals surface area (Å²) in [7, 11) is 4.97. The van der Waals surface area contributed by atoms with Gasteiger partial charge in [-0.25, -0.2) is 0 Å². The predicted molar refractivity (Wildman–Crippen MR) is 127 cm³/mol. The maximum absolute atomic E-state index is 6.18. The highest BCUT2D eigenvalue weighted by atomic mass is 32.1. The lowest BCUT2D eigenvalue weighted by Crippen LogP contribution is -2.47. The second kappa shape index (κ2) is 11.1. The van der Waals surface area contributed by atoms with E-state index in [0.717, 1.165) is 60.3 Å². The number of fused-ring (bicyclic) bond motifs is 1. The summed E-state index contributed by atoms with van der Waals surface area (Å²) in [5.41, 5.74) is 2.38. The van der Waals surface area contributed by atoms with Crippen LogP contribution >= 0.6 is 12.2 Å². The molecule has 0 radical (unpaired) electrons. The van der Waals surface area contributed by atoms with Crippen molar-refractivity contribution in [1.82, 2.24) is 10.2 Å². The maximum Gasteiger partial charge on any atom is 0.169 e. The molecule has 7 heteroatoms. The highest BCUT2D eigenvalue weighted by Crippen LogP contribution is 2.38. The van der Waals surface area contributed by atoms with Crippen molar-refractivity contribution in [2.24, 2.45) is 0 Å². The fraction of sp³-hybridized carbons (Fsp3) is 0.458. The van der Waals surface area contributed by atoms with Crippen LogP contribution in [0.1, 0.15) is 36.9 Å². The highest BCUT2D eigenvalue weighted by Gasteiger charge is 2.31. The van der Waals surface area contributed by atoms with Crippen molar-refractivity contribution >= 4 is 17.3 Å². The minimum atomic E-state index is -0.0349. The van der Waals surface area contributed by atoms with Gasteiger partial charge in [-0.05, 0) is 72.6 Å². The summed E-state index contributed by atoms with van der Waals surface area (Å²) in [6.07, 6.45) is 3.09. The van der Waals surface area contributed by atoms with E-state index in [2.05, 4.69) is 29.3 Å². The van der Waals surface area contributed by atoms with Gasteiger partial charge in [-0.1, -0.05) is 13.3 Å². The molecule has 0 fully saturated rings. The van der Waals surface area contributed by atoms with E-state index in [1.165, 1.54) is 5.56 Å². The molecule has 0 amide bonds. The van der Waals surface area contributed by atoms with Gasteiger partial charge in [0.2, 0.25) is 0 Å². The summed E-state index contributed by atoms with van der Waals surface area (Å²) in [5, 5.41) is 4.17. The van der Waals surface area contributed by atoms with E-state index in [0.29, 0.717) is 12.4 Å². The van der Waals surface area contributed by atoms with Crippen molar-refractivity contribution in [2.75, 3.05) is 41.0 Å². The Morgan fingerprint density at radius 2 is 1.71 bits per heavy atom. The first-order chi connectivity index (χ1) is 15.1. The fourth-order valence-electron chi connectivity index (χ4n) is 3.77. The molecule has 1 N–H and O–H groups in total. The van der Waals surface area contributed by atoms with Crippen molar-refractivity contribution in [1.29, 1.82) is 0 Å². The number of ether oxygens (including phenoxy) is 4. The van der Waals surface area contributed by atoms with E-state index in [-0.39, 0.29) is 6.04 Å². The number of benzene rings is 2. The fourth-order valence-corrected chi connectivity index (χ4v) is 4.09. The average molecular weight is 445 g/mol. The summed E-state index contributed by atoms with van der Waals surface area (Å²) in [5.74, 6) is 3.05.